The molecule has 19 heavy (non-hydrogen) atoms. The third-order valence-corrected chi connectivity index (χ3v) is 7.99. The summed E-state index contributed by atoms with van der Waals surface area (Å²) >= 11 is 0. The van der Waals surface area contributed by atoms with Crippen LogP contribution in [0.5, 0.6) is 0 Å². The van der Waals surface area contributed by atoms with Gasteiger partial charge in [-0.05, 0) is 12.5 Å². The maximum absolute atomic E-state index is 12.0. The predicted molar refractivity (Wildman–Crippen MR) is 83.0 cm³/mol. The van der Waals surface area contributed by atoms with Crippen molar-refractivity contribution in [3.63, 3.8) is 0 Å². The van der Waals surface area contributed by atoms with Gasteiger partial charge in [0.15, 0.2) is 5.92 Å². The molecule has 2 atom stereocenters. The van der Waals surface area contributed by atoms with Gasteiger partial charge in [0.05, 0.1) is 6.61 Å². The third-order valence-electron chi connectivity index (χ3n) is 3.15. The molecule has 0 bridgehead atoms. The van der Waals surface area contributed by atoms with Gasteiger partial charge in [-0.25, -0.2) is 0 Å². The van der Waals surface area contributed by atoms with Crippen LogP contribution in [-0.4, -0.2) is 39.8 Å². The predicted octanol–water partition coefficient (Wildman–Crippen LogP) is 3.30. The van der Waals surface area contributed by atoms with E-state index in [0.29, 0.717) is 0 Å². The van der Waals surface area contributed by atoms with Crippen molar-refractivity contribution in [1.82, 2.24) is 0 Å². The molecular formula is C13H28O4Si2. The zero-order chi connectivity index (χ0) is 15.4. The molecule has 2 unspecified atom stereocenters. The molecule has 0 aromatic carbocycles. The molecule has 0 aliphatic heterocycles. The molecule has 0 saturated heterocycles. The second kappa shape index (κ2) is 6.70. The monoisotopic (exact) mass is 304 g/mol. The van der Waals surface area contributed by atoms with Crippen molar-refractivity contribution >= 4 is 28.1 Å². The van der Waals surface area contributed by atoms with Gasteiger partial charge in [0.25, 0.3) is 0 Å². The molecule has 0 rings (SSSR count). The van der Waals surface area contributed by atoms with Gasteiger partial charge in [-0.1, -0.05) is 45.3 Å². The van der Waals surface area contributed by atoms with Gasteiger partial charge in [-0.3, -0.25) is 9.59 Å². The molecule has 0 amide bonds. The maximum Gasteiger partial charge on any atom is 0.320 e. The lowest BCUT2D eigenvalue weighted by atomic mass is 10.1. The summed E-state index contributed by atoms with van der Waals surface area (Å²) in [6.07, 6.45) is 0. The smallest absolute Gasteiger partial charge is 0.320 e. The van der Waals surface area contributed by atoms with E-state index in [-0.39, 0.29) is 12.1 Å². The number of carbonyl (C=O) groups excluding carboxylic acids is 1. The molecule has 0 radical (unpaired) electrons. The summed E-state index contributed by atoms with van der Waals surface area (Å²) in [6.45, 7) is 15.0. The minimum atomic E-state index is -1.76. The fraction of sp³-hybridized carbons (Fsp3) is 0.846. The van der Waals surface area contributed by atoms with E-state index in [0.717, 1.165) is 6.04 Å². The molecule has 0 aromatic rings. The number of esters is 1. The van der Waals surface area contributed by atoms with Gasteiger partial charge in [-0.15, -0.1) is 0 Å². The highest BCUT2D eigenvalue weighted by Gasteiger charge is 2.44. The van der Waals surface area contributed by atoms with E-state index in [1.54, 1.807) is 6.92 Å². The molecule has 0 aliphatic rings. The molecule has 0 heterocycles. The van der Waals surface area contributed by atoms with Crippen LogP contribution >= 0.6 is 0 Å². The lowest BCUT2D eigenvalue weighted by Gasteiger charge is -2.36. The standard InChI is InChI=1S/C13H28O4Si2/c1-8-17-13(16)11(12(14)15)10(19(5,6)7)9-18(2,3)4/h10-11H,8-9H2,1-7H3,(H,14,15). The zero-order valence-electron chi connectivity index (χ0n) is 13.2. The highest BCUT2D eigenvalue weighted by atomic mass is 28.3. The average molecular weight is 305 g/mol. The maximum atomic E-state index is 12.0. The first kappa shape index (κ1) is 18.4. The van der Waals surface area contributed by atoms with E-state index in [1.807, 2.05) is 0 Å². The Morgan fingerprint density at radius 1 is 1.11 bits per heavy atom. The van der Waals surface area contributed by atoms with Gasteiger partial charge in [0, 0.05) is 16.1 Å². The van der Waals surface area contributed by atoms with E-state index in [9.17, 15) is 14.7 Å². The summed E-state index contributed by atoms with van der Waals surface area (Å²) in [6, 6.07) is 0.860. The van der Waals surface area contributed by atoms with Crippen LogP contribution in [0.2, 0.25) is 50.9 Å². The Morgan fingerprint density at radius 2 is 1.58 bits per heavy atom. The van der Waals surface area contributed by atoms with Crippen LogP contribution in [0.25, 0.3) is 0 Å². The molecule has 0 spiro atoms. The summed E-state index contributed by atoms with van der Waals surface area (Å²) in [7, 11) is -3.20. The van der Waals surface area contributed by atoms with Gasteiger partial charge in [-0.2, -0.15) is 0 Å². The average Bonchev–Trinajstić information content (AvgIpc) is 2.12. The Labute approximate surface area is 118 Å². The first-order valence-electron chi connectivity index (χ1n) is 6.79. The number of carboxylic acid groups (broad SMARTS) is 1. The topological polar surface area (TPSA) is 63.6 Å². The Bertz CT molecular complexity index is 329. The van der Waals surface area contributed by atoms with Crippen molar-refractivity contribution in [3.05, 3.63) is 0 Å². The Hall–Kier alpha value is -0.626. The van der Waals surface area contributed by atoms with E-state index >= 15 is 0 Å². The van der Waals surface area contributed by atoms with E-state index in [4.69, 9.17) is 4.74 Å². The minimum Gasteiger partial charge on any atom is -0.481 e. The van der Waals surface area contributed by atoms with Crippen molar-refractivity contribution in [1.29, 1.82) is 0 Å². The van der Waals surface area contributed by atoms with E-state index in [1.165, 1.54) is 0 Å². The first-order chi connectivity index (χ1) is 8.40. The molecule has 1 N–H and O–H groups in total. The molecule has 0 fully saturated rings. The van der Waals surface area contributed by atoms with Crippen molar-refractivity contribution in [2.45, 2.75) is 57.8 Å². The Morgan fingerprint density at radius 3 is 1.84 bits per heavy atom. The normalized spacial score (nSPS) is 15.7. The van der Waals surface area contributed by atoms with Crippen LogP contribution in [0.15, 0.2) is 0 Å². The Kier molecular flexibility index (Phi) is 6.48. The number of hydrogen-bond donors (Lipinski definition) is 1. The molecule has 4 nitrogen and oxygen atoms in total. The second-order valence-electron chi connectivity index (χ2n) is 7.31. The van der Waals surface area contributed by atoms with E-state index < -0.39 is 34.0 Å². The number of aliphatic carboxylic acids is 1. The molecule has 0 saturated carbocycles. The fourth-order valence-electron chi connectivity index (χ4n) is 2.25. The van der Waals surface area contributed by atoms with Crippen LogP contribution in [0.4, 0.5) is 0 Å². The van der Waals surface area contributed by atoms with Crippen LogP contribution in [0.3, 0.4) is 0 Å². The van der Waals surface area contributed by atoms with Gasteiger partial charge in [0.2, 0.25) is 0 Å². The van der Waals surface area contributed by atoms with Crippen molar-refractivity contribution in [2.75, 3.05) is 6.61 Å². The van der Waals surface area contributed by atoms with E-state index in [2.05, 4.69) is 39.3 Å². The number of carboxylic acids is 1. The van der Waals surface area contributed by atoms with Crippen molar-refractivity contribution in [3.8, 4) is 0 Å². The fourth-order valence-corrected chi connectivity index (χ4v) is 9.37. The van der Waals surface area contributed by atoms with Gasteiger partial charge in [0.1, 0.15) is 0 Å². The molecule has 112 valence electrons. The van der Waals surface area contributed by atoms with Crippen LogP contribution in [0.1, 0.15) is 6.92 Å². The Balaban J connectivity index is 5.39. The summed E-state index contributed by atoms with van der Waals surface area (Å²) in [5.74, 6) is -2.61. The number of ether oxygens (including phenoxy) is 1. The highest BCUT2D eigenvalue weighted by Crippen LogP contribution is 2.38. The van der Waals surface area contributed by atoms with Crippen molar-refractivity contribution in [2.24, 2.45) is 5.92 Å². The van der Waals surface area contributed by atoms with Gasteiger partial charge >= 0.3 is 11.9 Å². The third kappa shape index (κ3) is 6.38. The number of rotatable bonds is 7. The molecule has 0 aromatic heterocycles. The van der Waals surface area contributed by atoms with Gasteiger partial charge < -0.3 is 9.84 Å². The SMILES string of the molecule is CCOC(=O)C(C(=O)O)C(C[Si](C)(C)C)[Si](C)(C)C. The van der Waals surface area contributed by atoms with Crippen LogP contribution < -0.4 is 0 Å². The lowest BCUT2D eigenvalue weighted by molar-refractivity contribution is -0.158. The second-order valence-corrected chi connectivity index (χ2v) is 18.3. The summed E-state index contributed by atoms with van der Waals surface area (Å²) in [4.78, 5) is 23.5. The minimum absolute atomic E-state index is 0.0595. The largest absolute Gasteiger partial charge is 0.481 e. The van der Waals surface area contributed by atoms with Crippen molar-refractivity contribution < 1.29 is 19.4 Å². The lowest BCUT2D eigenvalue weighted by Crippen LogP contribution is -2.44. The highest BCUT2D eigenvalue weighted by molar-refractivity contribution is 6.82. The number of hydrogen-bond acceptors (Lipinski definition) is 3. The quantitative estimate of drug-likeness (QED) is 0.445. The molecule has 0 aliphatic carbocycles. The summed E-state index contributed by atoms with van der Waals surface area (Å²) < 4.78 is 4.97. The summed E-state index contributed by atoms with van der Waals surface area (Å²) in [5, 5.41) is 9.44. The first-order valence-corrected chi connectivity index (χ1v) is 14.1. The summed E-state index contributed by atoms with van der Waals surface area (Å²) in [5.41, 5.74) is -0.0595. The number of carbonyl (C=O) groups is 2. The van der Waals surface area contributed by atoms with Crippen LogP contribution in [-0.2, 0) is 14.3 Å². The zero-order valence-corrected chi connectivity index (χ0v) is 15.2. The molecular weight excluding hydrogens is 276 g/mol. The molecule has 6 heteroatoms. The van der Waals surface area contributed by atoms with Crippen LogP contribution in [0, 0.1) is 5.92 Å².